The molecule has 1 aromatic carbocycles. The van der Waals surface area contributed by atoms with Crippen molar-refractivity contribution in [3.63, 3.8) is 0 Å². The van der Waals surface area contributed by atoms with Crippen LogP contribution in [0.3, 0.4) is 0 Å². The van der Waals surface area contributed by atoms with Gasteiger partial charge in [0, 0.05) is 6.04 Å². The molecule has 0 aliphatic heterocycles. The highest BCUT2D eigenvalue weighted by Crippen LogP contribution is 2.08. The normalized spacial score (nSPS) is 9.79. The van der Waals surface area contributed by atoms with Crippen LogP contribution in [0.2, 0.25) is 0 Å². The van der Waals surface area contributed by atoms with Crippen LogP contribution in [-0.4, -0.2) is 0 Å². The summed E-state index contributed by atoms with van der Waals surface area (Å²) in [5.41, 5.74) is 6.79. The van der Waals surface area contributed by atoms with Crippen LogP contribution in [0.5, 0.6) is 0 Å². The van der Waals surface area contributed by atoms with Gasteiger partial charge in [-0.15, -0.1) is 6.58 Å². The van der Waals surface area contributed by atoms with Gasteiger partial charge < -0.3 is 5.73 Å². The molecule has 0 radical (unpaired) electrons. The molecule has 1 heteroatoms. The Morgan fingerprint density at radius 1 is 1.07 bits per heavy atom. The highest BCUT2D eigenvalue weighted by atomic mass is 14.6. The zero-order chi connectivity index (χ0) is 11.4. The zero-order valence-electron chi connectivity index (χ0n) is 9.83. The van der Waals surface area contributed by atoms with E-state index in [-0.39, 0.29) is 6.04 Å². The monoisotopic (exact) mass is 193 g/mol. The Hall–Kier alpha value is -1.08. The molecule has 1 aromatic rings. The van der Waals surface area contributed by atoms with Crippen LogP contribution >= 0.6 is 0 Å². The standard InChI is InChI=1S/C9H11N.2C2H6/c1-2-9(10)8-6-4-3-5-7-8;2*1-2/h2-7,9H,1,10H2;2*1-2H3. The van der Waals surface area contributed by atoms with Crippen molar-refractivity contribution < 1.29 is 0 Å². The van der Waals surface area contributed by atoms with Crippen LogP contribution in [-0.2, 0) is 0 Å². The summed E-state index contributed by atoms with van der Waals surface area (Å²) in [4.78, 5) is 0. The summed E-state index contributed by atoms with van der Waals surface area (Å²) >= 11 is 0. The summed E-state index contributed by atoms with van der Waals surface area (Å²) in [5.74, 6) is 0. The summed E-state index contributed by atoms with van der Waals surface area (Å²) in [5, 5.41) is 0. The molecule has 0 aliphatic rings. The smallest absolute Gasteiger partial charge is 0.0478 e. The molecule has 14 heavy (non-hydrogen) atoms. The average molecular weight is 193 g/mol. The molecule has 0 saturated heterocycles. The number of hydrogen-bond acceptors (Lipinski definition) is 1. The average Bonchev–Trinajstić information content (AvgIpc) is 2.34. The van der Waals surface area contributed by atoms with Crippen molar-refractivity contribution in [3.8, 4) is 0 Å². The van der Waals surface area contributed by atoms with E-state index in [1.165, 1.54) is 0 Å². The molecule has 1 rings (SSSR count). The van der Waals surface area contributed by atoms with Crippen LogP contribution in [0.15, 0.2) is 43.0 Å². The molecule has 0 fully saturated rings. The first-order valence-corrected chi connectivity index (χ1v) is 5.27. The van der Waals surface area contributed by atoms with Gasteiger partial charge in [0.2, 0.25) is 0 Å². The summed E-state index contributed by atoms with van der Waals surface area (Å²) in [6.07, 6.45) is 1.73. The van der Waals surface area contributed by atoms with Gasteiger partial charge in [-0.3, -0.25) is 0 Å². The van der Waals surface area contributed by atoms with Gasteiger partial charge >= 0.3 is 0 Å². The Morgan fingerprint density at radius 3 is 1.86 bits per heavy atom. The van der Waals surface area contributed by atoms with E-state index in [0.717, 1.165) is 5.56 Å². The predicted octanol–water partition coefficient (Wildman–Crippen LogP) is 3.92. The molecule has 0 spiro atoms. The molecule has 0 aromatic heterocycles. The van der Waals surface area contributed by atoms with Crippen molar-refractivity contribution in [2.75, 3.05) is 0 Å². The maximum atomic E-state index is 5.68. The molecule has 1 unspecified atom stereocenters. The lowest BCUT2D eigenvalue weighted by Crippen LogP contribution is -2.05. The Balaban J connectivity index is 0. The van der Waals surface area contributed by atoms with Gasteiger partial charge in [0.25, 0.3) is 0 Å². The Morgan fingerprint density at radius 2 is 1.50 bits per heavy atom. The van der Waals surface area contributed by atoms with Crippen molar-refractivity contribution in [1.82, 2.24) is 0 Å². The number of benzene rings is 1. The Labute approximate surface area is 88.6 Å². The minimum Gasteiger partial charge on any atom is -0.321 e. The highest BCUT2D eigenvalue weighted by Gasteiger charge is 1.96. The van der Waals surface area contributed by atoms with Crippen molar-refractivity contribution in [2.45, 2.75) is 33.7 Å². The summed E-state index contributed by atoms with van der Waals surface area (Å²) in [7, 11) is 0. The van der Waals surface area contributed by atoms with Gasteiger partial charge in [-0.05, 0) is 5.56 Å². The lowest BCUT2D eigenvalue weighted by atomic mass is 10.1. The molecule has 0 aliphatic carbocycles. The topological polar surface area (TPSA) is 26.0 Å². The first-order valence-electron chi connectivity index (χ1n) is 5.27. The minimum atomic E-state index is -0.0267. The van der Waals surface area contributed by atoms with E-state index in [4.69, 9.17) is 5.73 Å². The van der Waals surface area contributed by atoms with Gasteiger partial charge in [0.15, 0.2) is 0 Å². The largest absolute Gasteiger partial charge is 0.321 e. The van der Waals surface area contributed by atoms with Crippen molar-refractivity contribution in [1.29, 1.82) is 0 Å². The maximum absolute atomic E-state index is 5.68. The van der Waals surface area contributed by atoms with Gasteiger partial charge in [-0.2, -0.15) is 0 Å². The third kappa shape index (κ3) is 6.44. The van der Waals surface area contributed by atoms with Gasteiger partial charge in [-0.25, -0.2) is 0 Å². The fourth-order valence-corrected chi connectivity index (χ4v) is 0.811. The number of rotatable bonds is 2. The second kappa shape index (κ2) is 11.9. The van der Waals surface area contributed by atoms with Crippen LogP contribution in [0.25, 0.3) is 0 Å². The van der Waals surface area contributed by atoms with Crippen molar-refractivity contribution in [3.05, 3.63) is 48.6 Å². The van der Waals surface area contributed by atoms with Crippen LogP contribution in [0, 0.1) is 0 Å². The van der Waals surface area contributed by atoms with Gasteiger partial charge in [0.1, 0.15) is 0 Å². The third-order valence-electron chi connectivity index (χ3n) is 1.44. The van der Waals surface area contributed by atoms with Crippen LogP contribution in [0.1, 0.15) is 39.3 Å². The third-order valence-corrected chi connectivity index (χ3v) is 1.44. The lowest BCUT2D eigenvalue weighted by molar-refractivity contribution is 0.914. The highest BCUT2D eigenvalue weighted by molar-refractivity contribution is 5.21. The predicted molar refractivity (Wildman–Crippen MR) is 66.3 cm³/mol. The van der Waals surface area contributed by atoms with Crippen molar-refractivity contribution in [2.24, 2.45) is 5.73 Å². The molecule has 0 saturated carbocycles. The fourth-order valence-electron chi connectivity index (χ4n) is 0.811. The molecular weight excluding hydrogens is 170 g/mol. The summed E-state index contributed by atoms with van der Waals surface area (Å²) in [6.45, 7) is 11.6. The van der Waals surface area contributed by atoms with E-state index in [9.17, 15) is 0 Å². The number of nitrogens with two attached hydrogens (primary N) is 1. The van der Waals surface area contributed by atoms with Crippen LogP contribution < -0.4 is 5.73 Å². The molecule has 0 heterocycles. The quantitative estimate of drug-likeness (QED) is 0.708. The Kier molecular flexibility index (Phi) is 13.1. The first kappa shape index (κ1) is 15.4. The minimum absolute atomic E-state index is 0.0267. The van der Waals surface area contributed by atoms with Gasteiger partial charge in [0.05, 0.1) is 0 Å². The van der Waals surface area contributed by atoms with E-state index >= 15 is 0 Å². The summed E-state index contributed by atoms with van der Waals surface area (Å²) in [6, 6.07) is 9.87. The second-order valence-corrected chi connectivity index (χ2v) is 2.17. The fraction of sp³-hybridized carbons (Fsp3) is 0.385. The molecule has 1 nitrogen and oxygen atoms in total. The molecular formula is C13H23N. The zero-order valence-corrected chi connectivity index (χ0v) is 9.83. The van der Waals surface area contributed by atoms with Gasteiger partial charge in [-0.1, -0.05) is 64.1 Å². The van der Waals surface area contributed by atoms with E-state index in [0.29, 0.717) is 0 Å². The van der Waals surface area contributed by atoms with E-state index < -0.39 is 0 Å². The molecule has 1 atom stereocenters. The SMILES string of the molecule is C=CC(N)c1ccccc1.CC.CC. The first-order chi connectivity index (χ1) is 6.84. The lowest BCUT2D eigenvalue weighted by Gasteiger charge is -2.03. The molecule has 2 N–H and O–H groups in total. The summed E-state index contributed by atoms with van der Waals surface area (Å²) < 4.78 is 0. The molecule has 0 bridgehead atoms. The van der Waals surface area contributed by atoms with E-state index in [2.05, 4.69) is 6.58 Å². The maximum Gasteiger partial charge on any atom is 0.0478 e. The number of hydrogen-bond donors (Lipinski definition) is 1. The van der Waals surface area contributed by atoms with E-state index in [1.54, 1.807) is 6.08 Å². The van der Waals surface area contributed by atoms with Crippen molar-refractivity contribution >= 4 is 0 Å². The second-order valence-electron chi connectivity index (χ2n) is 2.17. The molecule has 0 amide bonds. The van der Waals surface area contributed by atoms with E-state index in [1.807, 2.05) is 58.0 Å². The Bertz CT molecular complexity index is 204. The van der Waals surface area contributed by atoms with Crippen LogP contribution in [0.4, 0.5) is 0 Å². The molecule has 80 valence electrons.